The molecule has 0 saturated carbocycles. The Morgan fingerprint density at radius 1 is 1.26 bits per heavy atom. The standard InChI is InChI=1S/C16H21NOS/c1-4-8-17-11-14-10-13(5-6-16(14)18-3)15-7-9-19-12(15)2/h5-7,9-10,17H,4,8,11H2,1-3H3. The van der Waals surface area contributed by atoms with E-state index in [-0.39, 0.29) is 0 Å². The molecule has 1 N–H and O–H groups in total. The average Bonchev–Trinajstić information content (AvgIpc) is 2.85. The van der Waals surface area contributed by atoms with E-state index in [1.807, 2.05) is 0 Å². The largest absolute Gasteiger partial charge is 0.496 e. The van der Waals surface area contributed by atoms with Crippen LogP contribution in [0, 0.1) is 6.92 Å². The van der Waals surface area contributed by atoms with Crippen molar-refractivity contribution in [3.8, 4) is 16.9 Å². The SMILES string of the molecule is CCCNCc1cc(-c2ccsc2C)ccc1OC. The number of methoxy groups -OCH3 is 1. The van der Waals surface area contributed by atoms with Crippen molar-refractivity contribution in [2.45, 2.75) is 26.8 Å². The molecule has 2 aromatic rings. The highest BCUT2D eigenvalue weighted by Crippen LogP contribution is 2.31. The van der Waals surface area contributed by atoms with E-state index in [4.69, 9.17) is 4.74 Å². The highest BCUT2D eigenvalue weighted by Gasteiger charge is 2.08. The van der Waals surface area contributed by atoms with E-state index in [9.17, 15) is 0 Å². The predicted octanol–water partition coefficient (Wildman–Crippen LogP) is 4.23. The van der Waals surface area contributed by atoms with Crippen LogP contribution >= 0.6 is 11.3 Å². The Balaban J connectivity index is 2.27. The third kappa shape index (κ3) is 3.37. The number of hydrogen-bond donors (Lipinski definition) is 1. The first-order valence-electron chi connectivity index (χ1n) is 6.68. The summed E-state index contributed by atoms with van der Waals surface area (Å²) in [6.45, 7) is 6.23. The first-order valence-corrected chi connectivity index (χ1v) is 7.56. The van der Waals surface area contributed by atoms with E-state index < -0.39 is 0 Å². The number of thiophene rings is 1. The smallest absolute Gasteiger partial charge is 0.123 e. The summed E-state index contributed by atoms with van der Waals surface area (Å²) < 4.78 is 5.44. The zero-order chi connectivity index (χ0) is 13.7. The monoisotopic (exact) mass is 275 g/mol. The molecule has 0 fully saturated rings. The van der Waals surface area contributed by atoms with Crippen LogP contribution in [0.2, 0.25) is 0 Å². The molecule has 1 aromatic carbocycles. The molecule has 2 nitrogen and oxygen atoms in total. The Morgan fingerprint density at radius 3 is 2.74 bits per heavy atom. The second-order valence-corrected chi connectivity index (χ2v) is 5.71. The fourth-order valence-corrected chi connectivity index (χ4v) is 2.89. The zero-order valence-electron chi connectivity index (χ0n) is 11.8. The first-order chi connectivity index (χ1) is 9.26. The molecule has 0 aliphatic carbocycles. The van der Waals surface area contributed by atoms with Gasteiger partial charge in [-0.3, -0.25) is 0 Å². The molecule has 0 radical (unpaired) electrons. The van der Waals surface area contributed by atoms with Gasteiger partial charge in [0.2, 0.25) is 0 Å². The van der Waals surface area contributed by atoms with Crippen LogP contribution in [0.1, 0.15) is 23.8 Å². The maximum Gasteiger partial charge on any atom is 0.123 e. The van der Waals surface area contributed by atoms with Crippen molar-refractivity contribution in [1.82, 2.24) is 5.32 Å². The Hall–Kier alpha value is -1.32. The summed E-state index contributed by atoms with van der Waals surface area (Å²) in [5.41, 5.74) is 3.82. The van der Waals surface area contributed by atoms with Crippen molar-refractivity contribution in [2.24, 2.45) is 0 Å². The van der Waals surface area contributed by atoms with Gasteiger partial charge in [-0.15, -0.1) is 11.3 Å². The summed E-state index contributed by atoms with van der Waals surface area (Å²) >= 11 is 1.79. The molecule has 19 heavy (non-hydrogen) atoms. The van der Waals surface area contributed by atoms with Crippen LogP contribution in [0.5, 0.6) is 5.75 Å². The Morgan fingerprint density at radius 2 is 2.11 bits per heavy atom. The van der Waals surface area contributed by atoms with Gasteiger partial charge in [0.05, 0.1) is 7.11 Å². The fraction of sp³-hybridized carbons (Fsp3) is 0.375. The molecule has 1 aromatic heterocycles. The minimum Gasteiger partial charge on any atom is -0.496 e. The fourth-order valence-electron chi connectivity index (χ4n) is 2.17. The Labute approximate surface area is 119 Å². The van der Waals surface area contributed by atoms with Crippen molar-refractivity contribution >= 4 is 11.3 Å². The molecule has 3 heteroatoms. The quantitative estimate of drug-likeness (QED) is 0.797. The van der Waals surface area contributed by atoms with Crippen molar-refractivity contribution in [3.05, 3.63) is 40.1 Å². The molecule has 2 rings (SSSR count). The van der Waals surface area contributed by atoms with Gasteiger partial charge < -0.3 is 10.1 Å². The number of aryl methyl sites for hydroxylation is 1. The van der Waals surface area contributed by atoms with Gasteiger partial charge in [-0.05, 0) is 54.6 Å². The van der Waals surface area contributed by atoms with Crippen molar-refractivity contribution < 1.29 is 4.74 Å². The predicted molar refractivity (Wildman–Crippen MR) is 83.0 cm³/mol. The van der Waals surface area contributed by atoms with Gasteiger partial charge in [-0.1, -0.05) is 13.0 Å². The van der Waals surface area contributed by atoms with Crippen LogP contribution < -0.4 is 10.1 Å². The van der Waals surface area contributed by atoms with Gasteiger partial charge in [0.1, 0.15) is 5.75 Å². The van der Waals surface area contributed by atoms with Crippen molar-refractivity contribution in [3.63, 3.8) is 0 Å². The number of nitrogens with one attached hydrogen (secondary N) is 1. The van der Waals surface area contributed by atoms with Crippen molar-refractivity contribution in [1.29, 1.82) is 0 Å². The Bertz CT molecular complexity index is 533. The normalized spacial score (nSPS) is 10.7. The van der Waals surface area contributed by atoms with Gasteiger partial charge in [0.25, 0.3) is 0 Å². The molecule has 102 valence electrons. The average molecular weight is 275 g/mol. The number of rotatable bonds is 6. The summed E-state index contributed by atoms with van der Waals surface area (Å²) in [4.78, 5) is 1.36. The second kappa shape index (κ2) is 6.73. The van der Waals surface area contributed by atoms with Crippen molar-refractivity contribution in [2.75, 3.05) is 13.7 Å². The number of ether oxygens (including phenoxy) is 1. The van der Waals surface area contributed by atoms with Gasteiger partial charge in [-0.2, -0.15) is 0 Å². The maximum atomic E-state index is 5.44. The lowest BCUT2D eigenvalue weighted by atomic mass is 10.0. The van der Waals surface area contributed by atoms with E-state index in [1.54, 1.807) is 18.4 Å². The summed E-state index contributed by atoms with van der Waals surface area (Å²) in [6.07, 6.45) is 1.14. The molecule has 0 unspecified atom stereocenters. The minimum absolute atomic E-state index is 0.855. The molecule has 0 aliphatic rings. The van der Waals surface area contributed by atoms with Crippen LogP contribution in [-0.2, 0) is 6.54 Å². The van der Waals surface area contributed by atoms with Gasteiger partial charge in [0.15, 0.2) is 0 Å². The van der Waals surface area contributed by atoms with E-state index >= 15 is 0 Å². The zero-order valence-corrected chi connectivity index (χ0v) is 12.6. The lowest BCUT2D eigenvalue weighted by Crippen LogP contribution is -2.14. The third-order valence-electron chi connectivity index (χ3n) is 3.19. The highest BCUT2D eigenvalue weighted by atomic mass is 32.1. The molecular weight excluding hydrogens is 254 g/mol. The summed E-state index contributed by atoms with van der Waals surface area (Å²) in [5, 5.41) is 5.58. The van der Waals surface area contributed by atoms with Gasteiger partial charge >= 0.3 is 0 Å². The van der Waals surface area contributed by atoms with E-state index in [0.717, 1.165) is 25.3 Å². The van der Waals surface area contributed by atoms with Crippen LogP contribution in [0.3, 0.4) is 0 Å². The molecule has 0 saturated heterocycles. The molecule has 0 atom stereocenters. The van der Waals surface area contributed by atoms with Gasteiger partial charge in [0, 0.05) is 17.0 Å². The molecular formula is C16H21NOS. The van der Waals surface area contributed by atoms with E-state index in [0.29, 0.717) is 0 Å². The lowest BCUT2D eigenvalue weighted by Gasteiger charge is -2.11. The second-order valence-electron chi connectivity index (χ2n) is 4.59. The van der Waals surface area contributed by atoms with Crippen LogP contribution in [0.25, 0.3) is 11.1 Å². The molecule has 0 amide bonds. The van der Waals surface area contributed by atoms with Crippen LogP contribution in [-0.4, -0.2) is 13.7 Å². The topological polar surface area (TPSA) is 21.3 Å². The van der Waals surface area contributed by atoms with Gasteiger partial charge in [-0.25, -0.2) is 0 Å². The highest BCUT2D eigenvalue weighted by molar-refractivity contribution is 7.10. The Kier molecular flexibility index (Phi) is 5.00. The third-order valence-corrected chi connectivity index (χ3v) is 4.04. The van der Waals surface area contributed by atoms with Crippen LogP contribution in [0.4, 0.5) is 0 Å². The maximum absolute atomic E-state index is 5.44. The van der Waals surface area contributed by atoms with E-state index in [2.05, 4.69) is 48.8 Å². The van der Waals surface area contributed by atoms with E-state index in [1.165, 1.54) is 21.6 Å². The summed E-state index contributed by atoms with van der Waals surface area (Å²) in [7, 11) is 1.73. The molecule has 0 bridgehead atoms. The summed E-state index contributed by atoms with van der Waals surface area (Å²) in [6, 6.07) is 8.62. The minimum atomic E-state index is 0.855. The molecule has 1 heterocycles. The van der Waals surface area contributed by atoms with Crippen LogP contribution in [0.15, 0.2) is 29.6 Å². The number of benzene rings is 1. The summed E-state index contributed by atoms with van der Waals surface area (Å²) in [5.74, 6) is 0.959. The number of hydrogen-bond acceptors (Lipinski definition) is 3. The molecule has 0 spiro atoms. The first kappa shape index (κ1) is 14.1. The molecule has 0 aliphatic heterocycles. The lowest BCUT2D eigenvalue weighted by molar-refractivity contribution is 0.408.